The quantitative estimate of drug-likeness (QED) is 0.821. The van der Waals surface area contributed by atoms with Crippen LogP contribution in [0.15, 0.2) is 6.07 Å². The standard InChI is InChI=1S/C12H19N3O3/c1-7-5-8(2)15(14-7)9(3)6-11(16)13-10(4)12(17)18/h5,9-10H,6H2,1-4H3,(H,13,16)(H,17,18). The van der Waals surface area contributed by atoms with Crippen LogP contribution in [0.3, 0.4) is 0 Å². The molecule has 0 radical (unpaired) electrons. The van der Waals surface area contributed by atoms with Gasteiger partial charge in [-0.3, -0.25) is 14.3 Å². The van der Waals surface area contributed by atoms with E-state index in [1.807, 2.05) is 26.8 Å². The molecule has 6 heteroatoms. The molecule has 0 aliphatic rings. The van der Waals surface area contributed by atoms with Gasteiger partial charge in [0.05, 0.1) is 11.7 Å². The second-order valence-corrected chi connectivity index (χ2v) is 4.55. The zero-order chi connectivity index (χ0) is 13.9. The van der Waals surface area contributed by atoms with E-state index in [1.165, 1.54) is 6.92 Å². The van der Waals surface area contributed by atoms with Crippen LogP contribution in [-0.4, -0.2) is 32.8 Å². The predicted molar refractivity (Wildman–Crippen MR) is 66.3 cm³/mol. The molecule has 0 bridgehead atoms. The molecular formula is C12H19N3O3. The number of carbonyl (C=O) groups is 2. The van der Waals surface area contributed by atoms with Crippen molar-refractivity contribution in [3.63, 3.8) is 0 Å². The number of carboxylic acid groups (broad SMARTS) is 1. The van der Waals surface area contributed by atoms with Gasteiger partial charge in [-0.15, -0.1) is 0 Å². The van der Waals surface area contributed by atoms with Crippen LogP contribution >= 0.6 is 0 Å². The number of hydrogen-bond acceptors (Lipinski definition) is 3. The van der Waals surface area contributed by atoms with E-state index in [0.29, 0.717) is 0 Å². The molecule has 0 fully saturated rings. The Labute approximate surface area is 106 Å². The lowest BCUT2D eigenvalue weighted by molar-refractivity contribution is -0.141. The zero-order valence-electron chi connectivity index (χ0n) is 11.1. The average molecular weight is 253 g/mol. The maximum Gasteiger partial charge on any atom is 0.325 e. The Hall–Kier alpha value is -1.85. The Morgan fingerprint density at radius 1 is 1.44 bits per heavy atom. The molecule has 0 aromatic carbocycles. The first-order valence-corrected chi connectivity index (χ1v) is 5.86. The van der Waals surface area contributed by atoms with Crippen molar-refractivity contribution >= 4 is 11.9 Å². The van der Waals surface area contributed by atoms with Crippen LogP contribution < -0.4 is 5.32 Å². The summed E-state index contributed by atoms with van der Waals surface area (Å²) in [6.45, 7) is 7.13. The highest BCUT2D eigenvalue weighted by Gasteiger charge is 2.18. The summed E-state index contributed by atoms with van der Waals surface area (Å²) < 4.78 is 1.78. The van der Waals surface area contributed by atoms with E-state index in [2.05, 4.69) is 10.4 Å². The highest BCUT2D eigenvalue weighted by molar-refractivity contribution is 5.83. The molecule has 1 amide bonds. The molecule has 1 rings (SSSR count). The molecule has 2 N–H and O–H groups in total. The summed E-state index contributed by atoms with van der Waals surface area (Å²) in [5.74, 6) is -1.33. The minimum Gasteiger partial charge on any atom is -0.480 e. The summed E-state index contributed by atoms with van der Waals surface area (Å²) in [5.41, 5.74) is 1.89. The Morgan fingerprint density at radius 2 is 2.06 bits per heavy atom. The van der Waals surface area contributed by atoms with E-state index in [1.54, 1.807) is 4.68 Å². The summed E-state index contributed by atoms with van der Waals surface area (Å²) in [4.78, 5) is 22.3. The number of aromatic nitrogens is 2. The summed E-state index contributed by atoms with van der Waals surface area (Å²) in [6, 6.07) is 0.971. The van der Waals surface area contributed by atoms with E-state index in [9.17, 15) is 9.59 Å². The van der Waals surface area contributed by atoms with Crippen molar-refractivity contribution in [1.82, 2.24) is 15.1 Å². The SMILES string of the molecule is Cc1cc(C)n(C(C)CC(=O)NC(C)C(=O)O)n1. The number of rotatable bonds is 5. The minimum absolute atomic E-state index is 0.0975. The molecule has 2 unspecified atom stereocenters. The monoisotopic (exact) mass is 253 g/mol. The summed E-state index contributed by atoms with van der Waals surface area (Å²) in [6.07, 6.45) is 0.208. The number of hydrogen-bond donors (Lipinski definition) is 2. The number of aliphatic carboxylic acids is 1. The molecule has 2 atom stereocenters. The molecule has 0 spiro atoms. The second kappa shape index (κ2) is 5.66. The van der Waals surface area contributed by atoms with Crippen LogP contribution in [0.5, 0.6) is 0 Å². The third-order valence-electron chi connectivity index (χ3n) is 2.69. The summed E-state index contributed by atoms with van der Waals surface area (Å²) >= 11 is 0. The molecule has 0 saturated carbocycles. The normalized spacial score (nSPS) is 14.0. The van der Waals surface area contributed by atoms with Crippen molar-refractivity contribution in [2.75, 3.05) is 0 Å². The molecule has 1 aromatic rings. The molecule has 100 valence electrons. The van der Waals surface area contributed by atoms with Gasteiger partial charge in [0.1, 0.15) is 6.04 Å². The number of carboxylic acids is 1. The second-order valence-electron chi connectivity index (χ2n) is 4.55. The molecule has 0 saturated heterocycles. The van der Waals surface area contributed by atoms with E-state index in [4.69, 9.17) is 5.11 Å². The topological polar surface area (TPSA) is 84.2 Å². The molecule has 0 aliphatic carbocycles. The van der Waals surface area contributed by atoms with Gasteiger partial charge in [-0.05, 0) is 33.8 Å². The lowest BCUT2D eigenvalue weighted by Gasteiger charge is -2.15. The number of aryl methyl sites for hydroxylation is 2. The van der Waals surface area contributed by atoms with Crippen LogP contribution in [0.4, 0.5) is 0 Å². The van der Waals surface area contributed by atoms with Gasteiger partial charge in [-0.2, -0.15) is 5.10 Å². The van der Waals surface area contributed by atoms with Crippen molar-refractivity contribution < 1.29 is 14.7 Å². The maximum atomic E-state index is 11.6. The minimum atomic E-state index is -1.04. The van der Waals surface area contributed by atoms with Crippen molar-refractivity contribution in [2.24, 2.45) is 0 Å². The van der Waals surface area contributed by atoms with E-state index < -0.39 is 12.0 Å². The number of nitrogens with zero attached hydrogens (tertiary/aromatic N) is 2. The van der Waals surface area contributed by atoms with Crippen molar-refractivity contribution in [3.8, 4) is 0 Å². The summed E-state index contributed by atoms with van der Waals surface area (Å²) in [5, 5.41) is 15.4. The van der Waals surface area contributed by atoms with Gasteiger partial charge in [-0.25, -0.2) is 0 Å². The zero-order valence-corrected chi connectivity index (χ0v) is 11.1. The Morgan fingerprint density at radius 3 is 2.50 bits per heavy atom. The van der Waals surface area contributed by atoms with E-state index in [0.717, 1.165) is 11.4 Å². The molecule has 1 aromatic heterocycles. The highest BCUT2D eigenvalue weighted by Crippen LogP contribution is 2.13. The third kappa shape index (κ3) is 3.58. The fourth-order valence-corrected chi connectivity index (χ4v) is 1.81. The van der Waals surface area contributed by atoms with Crippen molar-refractivity contribution in [1.29, 1.82) is 0 Å². The Balaban J connectivity index is 2.60. The molecule has 1 heterocycles. The van der Waals surface area contributed by atoms with Crippen molar-refractivity contribution in [2.45, 2.75) is 46.2 Å². The fraction of sp³-hybridized carbons (Fsp3) is 0.583. The van der Waals surface area contributed by atoms with Gasteiger partial charge in [0.15, 0.2) is 0 Å². The van der Waals surface area contributed by atoms with Crippen LogP contribution in [0.25, 0.3) is 0 Å². The maximum absolute atomic E-state index is 11.6. The average Bonchev–Trinajstić information content (AvgIpc) is 2.57. The van der Waals surface area contributed by atoms with Crippen LogP contribution in [0, 0.1) is 13.8 Å². The molecular weight excluding hydrogens is 234 g/mol. The van der Waals surface area contributed by atoms with Gasteiger partial charge in [0, 0.05) is 12.1 Å². The van der Waals surface area contributed by atoms with E-state index >= 15 is 0 Å². The fourth-order valence-electron chi connectivity index (χ4n) is 1.81. The first-order chi connectivity index (χ1) is 8.31. The lowest BCUT2D eigenvalue weighted by Crippen LogP contribution is -2.39. The van der Waals surface area contributed by atoms with Gasteiger partial charge in [0.25, 0.3) is 0 Å². The molecule has 18 heavy (non-hydrogen) atoms. The number of nitrogens with one attached hydrogen (secondary N) is 1. The Bertz CT molecular complexity index is 453. The number of amides is 1. The highest BCUT2D eigenvalue weighted by atomic mass is 16.4. The summed E-state index contributed by atoms with van der Waals surface area (Å²) in [7, 11) is 0. The smallest absolute Gasteiger partial charge is 0.325 e. The van der Waals surface area contributed by atoms with Gasteiger partial charge in [0.2, 0.25) is 5.91 Å². The first-order valence-electron chi connectivity index (χ1n) is 5.86. The van der Waals surface area contributed by atoms with E-state index in [-0.39, 0.29) is 18.4 Å². The van der Waals surface area contributed by atoms with Crippen LogP contribution in [-0.2, 0) is 9.59 Å². The van der Waals surface area contributed by atoms with Gasteiger partial charge in [-0.1, -0.05) is 0 Å². The van der Waals surface area contributed by atoms with Gasteiger partial charge < -0.3 is 10.4 Å². The van der Waals surface area contributed by atoms with Crippen molar-refractivity contribution in [3.05, 3.63) is 17.5 Å². The first kappa shape index (κ1) is 14.2. The predicted octanol–water partition coefficient (Wildman–Crippen LogP) is 1.04. The largest absolute Gasteiger partial charge is 0.480 e. The van der Waals surface area contributed by atoms with Crippen LogP contribution in [0.1, 0.15) is 37.7 Å². The molecule has 6 nitrogen and oxygen atoms in total. The number of carbonyl (C=O) groups excluding carboxylic acids is 1. The molecule has 0 aliphatic heterocycles. The Kier molecular flexibility index (Phi) is 4.47. The lowest BCUT2D eigenvalue weighted by atomic mass is 10.2. The van der Waals surface area contributed by atoms with Crippen LogP contribution in [0.2, 0.25) is 0 Å². The van der Waals surface area contributed by atoms with Gasteiger partial charge >= 0.3 is 5.97 Å². The third-order valence-corrected chi connectivity index (χ3v) is 2.69.